The third kappa shape index (κ3) is 5.23. The molecule has 4 atom stereocenters. The molecule has 0 spiro atoms. The summed E-state index contributed by atoms with van der Waals surface area (Å²) < 4.78 is 13.4. The smallest absolute Gasteiger partial charge is 0.0739 e. The molecule has 1 unspecified atom stereocenters. The lowest BCUT2D eigenvalue weighted by Crippen LogP contribution is -2.31. The zero-order chi connectivity index (χ0) is 22.2. The number of rotatable bonds is 5. The molecule has 0 heterocycles. The highest BCUT2D eigenvalue weighted by Crippen LogP contribution is 2.57. The fourth-order valence-electron chi connectivity index (χ4n) is 5.31. The van der Waals surface area contributed by atoms with Gasteiger partial charge in [0.2, 0.25) is 0 Å². The average Bonchev–Trinajstić information content (AvgIpc) is 3.08. The molecule has 1 fully saturated rings. The van der Waals surface area contributed by atoms with Crippen molar-refractivity contribution >= 4 is 26.3 Å². The molecular weight excluding hydrogens is 402 g/mol. The van der Waals surface area contributed by atoms with E-state index in [-0.39, 0.29) is 5.16 Å². The Balaban J connectivity index is 2.08. The zero-order valence-electron chi connectivity index (χ0n) is 20.1. The second-order valence-electron chi connectivity index (χ2n) is 10.5. The number of aryl methyl sites for hydroxylation is 4. The van der Waals surface area contributed by atoms with Gasteiger partial charge >= 0.3 is 7.80 Å². The first-order valence-corrected chi connectivity index (χ1v) is 14.1. The van der Waals surface area contributed by atoms with E-state index in [2.05, 4.69) is 91.8 Å². The first kappa shape index (κ1) is 23.6. The molecule has 2 aromatic rings. The molecule has 1 aliphatic carbocycles. The van der Waals surface area contributed by atoms with Crippen molar-refractivity contribution in [3.05, 3.63) is 58.7 Å². The van der Waals surface area contributed by atoms with Gasteiger partial charge in [0.25, 0.3) is 0 Å². The number of hydrogen-bond donors (Lipinski definition) is 0. The van der Waals surface area contributed by atoms with Crippen molar-refractivity contribution in [3.63, 3.8) is 0 Å². The molecule has 3 rings (SSSR count). The van der Waals surface area contributed by atoms with Crippen LogP contribution in [0.3, 0.4) is 0 Å². The lowest BCUT2D eigenvalue weighted by atomic mass is 10.0. The van der Waals surface area contributed by atoms with Crippen molar-refractivity contribution in [3.8, 4) is 0 Å². The van der Waals surface area contributed by atoms with E-state index in [4.69, 9.17) is 0 Å². The van der Waals surface area contributed by atoms with Gasteiger partial charge in [-0.3, -0.25) is 0 Å². The van der Waals surface area contributed by atoms with Crippen LogP contribution >= 0.6 is 15.7 Å². The van der Waals surface area contributed by atoms with Gasteiger partial charge < -0.3 is 0 Å². The Kier molecular flexibility index (Phi) is 7.26. The van der Waals surface area contributed by atoms with Crippen LogP contribution in [0.2, 0.25) is 0 Å². The standard InChI is InChI=1S/C27H39OP2/c1-18-12-19(2)15-23(14-18)29(24-16-20(3)13-21(4)17-24)22(5)25-10-9-11-26(25)30(28)27(6,7)8/h12-17,22,25-26H,9-11H2,1-8H3/q+1/t22-,25+,26+/m1/s1. The summed E-state index contributed by atoms with van der Waals surface area (Å²) >= 11 is 0. The van der Waals surface area contributed by atoms with E-state index in [1.165, 1.54) is 45.7 Å². The molecule has 0 saturated heterocycles. The molecule has 0 aliphatic heterocycles. The van der Waals surface area contributed by atoms with Crippen LogP contribution in [0.4, 0.5) is 0 Å². The summed E-state index contributed by atoms with van der Waals surface area (Å²) in [7, 11) is -1.73. The second kappa shape index (κ2) is 9.22. The molecule has 1 nitrogen and oxygen atoms in total. The second-order valence-corrected chi connectivity index (χ2v) is 15.7. The Bertz CT molecular complexity index is 833. The van der Waals surface area contributed by atoms with Gasteiger partial charge in [0.05, 0.1) is 0 Å². The molecular formula is C27H39OP2+. The molecule has 0 aromatic heterocycles. The number of hydrogen-bond acceptors (Lipinski definition) is 1. The van der Waals surface area contributed by atoms with E-state index in [9.17, 15) is 4.57 Å². The summed E-state index contributed by atoms with van der Waals surface area (Å²) in [6.07, 6.45) is 3.57. The summed E-state index contributed by atoms with van der Waals surface area (Å²) in [5.41, 5.74) is 6.26. The Morgan fingerprint density at radius 2 is 1.27 bits per heavy atom. The van der Waals surface area contributed by atoms with E-state index in [0.717, 1.165) is 6.42 Å². The molecule has 0 N–H and O–H groups in total. The van der Waals surface area contributed by atoms with Gasteiger partial charge in [0.15, 0.2) is 10.8 Å². The average molecular weight is 442 g/mol. The van der Waals surface area contributed by atoms with Crippen LogP contribution < -0.4 is 10.6 Å². The molecule has 162 valence electrons. The van der Waals surface area contributed by atoms with Gasteiger partial charge in [-0.25, -0.2) is 0 Å². The summed E-state index contributed by atoms with van der Waals surface area (Å²) in [4.78, 5) is 0. The molecule has 1 aliphatic rings. The SMILES string of the molecule is Cc1cc(C)cc(P(c2cc(C)cc(C)c2)[C@H](C)[C@@H]2CCC[C@@H]2[P+](=O)C(C)(C)C)c1. The maximum atomic E-state index is 13.4. The van der Waals surface area contributed by atoms with Gasteiger partial charge in [0.1, 0.15) is 0 Å². The first-order chi connectivity index (χ1) is 14.0. The van der Waals surface area contributed by atoms with Crippen molar-refractivity contribution in [1.82, 2.24) is 0 Å². The van der Waals surface area contributed by atoms with Gasteiger partial charge in [0, 0.05) is 5.92 Å². The van der Waals surface area contributed by atoms with Crippen molar-refractivity contribution in [2.45, 2.75) is 91.1 Å². The summed E-state index contributed by atoms with van der Waals surface area (Å²) in [5.74, 6) is 0.542. The highest BCUT2D eigenvalue weighted by atomic mass is 31.1. The van der Waals surface area contributed by atoms with Crippen LogP contribution in [0, 0.1) is 33.6 Å². The largest absolute Gasteiger partial charge is 0.347 e. The van der Waals surface area contributed by atoms with E-state index in [0.29, 0.717) is 17.2 Å². The van der Waals surface area contributed by atoms with Crippen LogP contribution in [-0.2, 0) is 4.57 Å². The molecule has 0 radical (unpaired) electrons. The Labute approximate surface area is 186 Å². The van der Waals surface area contributed by atoms with Crippen LogP contribution in [0.25, 0.3) is 0 Å². The fraction of sp³-hybridized carbons (Fsp3) is 0.556. The number of benzene rings is 2. The first-order valence-electron chi connectivity index (χ1n) is 11.4. The molecule has 30 heavy (non-hydrogen) atoms. The topological polar surface area (TPSA) is 17.1 Å². The quantitative estimate of drug-likeness (QED) is 0.438. The Morgan fingerprint density at radius 3 is 1.67 bits per heavy atom. The maximum absolute atomic E-state index is 13.4. The van der Waals surface area contributed by atoms with Crippen LogP contribution in [0.15, 0.2) is 36.4 Å². The normalized spacial score (nSPS) is 21.2. The zero-order valence-corrected chi connectivity index (χ0v) is 21.9. The van der Waals surface area contributed by atoms with Crippen LogP contribution in [0.5, 0.6) is 0 Å². The fourth-order valence-corrected chi connectivity index (χ4v) is 11.0. The molecule has 2 aromatic carbocycles. The van der Waals surface area contributed by atoms with Crippen molar-refractivity contribution in [2.24, 2.45) is 5.92 Å². The van der Waals surface area contributed by atoms with E-state index >= 15 is 0 Å². The Hall–Kier alpha value is -1.03. The summed E-state index contributed by atoms with van der Waals surface area (Å²) in [6.45, 7) is 17.8. The predicted molar refractivity (Wildman–Crippen MR) is 136 cm³/mol. The molecule has 0 amide bonds. The van der Waals surface area contributed by atoms with Gasteiger partial charge in [-0.1, -0.05) is 70.1 Å². The predicted octanol–water partition coefficient (Wildman–Crippen LogP) is 7.54. The third-order valence-corrected chi connectivity index (χ3v) is 11.9. The highest BCUT2D eigenvalue weighted by molar-refractivity contribution is 7.73. The van der Waals surface area contributed by atoms with E-state index in [1.807, 2.05) is 0 Å². The Morgan fingerprint density at radius 1 is 0.833 bits per heavy atom. The van der Waals surface area contributed by atoms with E-state index in [1.54, 1.807) is 0 Å². The minimum Gasteiger partial charge on any atom is -0.0739 e. The molecule has 0 bridgehead atoms. The van der Waals surface area contributed by atoms with Crippen LogP contribution in [-0.4, -0.2) is 16.5 Å². The monoisotopic (exact) mass is 441 g/mol. The molecule has 3 heteroatoms. The minimum atomic E-state index is -1.22. The van der Waals surface area contributed by atoms with Gasteiger partial charge in [-0.15, -0.1) is 0 Å². The van der Waals surface area contributed by atoms with Crippen LogP contribution in [0.1, 0.15) is 69.2 Å². The van der Waals surface area contributed by atoms with Crippen molar-refractivity contribution in [1.29, 1.82) is 0 Å². The summed E-state index contributed by atoms with van der Waals surface area (Å²) in [5, 5.41) is 2.86. The minimum absolute atomic E-state index is 0.106. The van der Waals surface area contributed by atoms with Crippen molar-refractivity contribution in [2.75, 3.05) is 0 Å². The lowest BCUT2D eigenvalue weighted by molar-refractivity contribution is 0.504. The molecule has 1 saturated carbocycles. The van der Waals surface area contributed by atoms with Gasteiger partial charge in [-0.2, -0.15) is 0 Å². The van der Waals surface area contributed by atoms with Crippen molar-refractivity contribution < 1.29 is 4.57 Å². The third-order valence-electron chi connectivity index (χ3n) is 6.49. The van der Waals surface area contributed by atoms with Gasteiger partial charge in [-0.05, 0) is 91.9 Å². The lowest BCUT2D eigenvalue weighted by Gasteiger charge is -2.32. The van der Waals surface area contributed by atoms with E-state index < -0.39 is 15.7 Å². The highest BCUT2D eigenvalue weighted by Gasteiger charge is 2.51. The summed E-state index contributed by atoms with van der Waals surface area (Å²) in [6, 6.07) is 14.2. The maximum Gasteiger partial charge on any atom is 0.347 e.